The van der Waals surface area contributed by atoms with Crippen molar-refractivity contribution in [3.63, 3.8) is 0 Å². The van der Waals surface area contributed by atoms with Gasteiger partial charge >= 0.3 is 0 Å². The summed E-state index contributed by atoms with van der Waals surface area (Å²) in [5, 5.41) is 1.38. The summed E-state index contributed by atoms with van der Waals surface area (Å²) in [7, 11) is -3.48. The molecule has 1 rings (SSSR count). The van der Waals surface area contributed by atoms with E-state index in [2.05, 4.69) is 63.8 Å². The van der Waals surface area contributed by atoms with Crippen molar-refractivity contribution >= 4 is 21.8 Å². The maximum atomic E-state index is 6.19. The molecule has 0 aromatic heterocycles. The van der Waals surface area contributed by atoms with Crippen LogP contribution < -0.4 is 5.19 Å². The van der Waals surface area contributed by atoms with Gasteiger partial charge in [0.15, 0.2) is 8.32 Å². The molecule has 0 N–H and O–H groups in total. The summed E-state index contributed by atoms with van der Waals surface area (Å²) in [5.74, 6) is 0. The fourth-order valence-corrected chi connectivity index (χ4v) is 13.2. The SMILES string of the molecule is CCO[Si](C)(C)C[Si](C)(OCC)c1ccccc1. The Labute approximate surface area is 114 Å². The number of benzene rings is 1. The summed E-state index contributed by atoms with van der Waals surface area (Å²) in [4.78, 5) is 0. The van der Waals surface area contributed by atoms with Gasteiger partial charge in [-0.2, -0.15) is 0 Å². The lowest BCUT2D eigenvalue weighted by Crippen LogP contribution is -2.54. The molecule has 0 aliphatic heterocycles. The molecule has 0 heterocycles. The molecule has 0 saturated carbocycles. The third kappa shape index (κ3) is 4.35. The second-order valence-electron chi connectivity index (χ2n) is 5.40. The molecule has 1 aromatic carbocycles. The van der Waals surface area contributed by atoms with Crippen molar-refractivity contribution in [3.05, 3.63) is 30.3 Å². The number of hydrogen-bond donors (Lipinski definition) is 0. The molecule has 0 spiro atoms. The Morgan fingerprint density at radius 1 is 0.889 bits per heavy atom. The topological polar surface area (TPSA) is 18.5 Å². The van der Waals surface area contributed by atoms with Crippen LogP contribution in [0.4, 0.5) is 0 Å². The van der Waals surface area contributed by atoms with Crippen LogP contribution in [0.5, 0.6) is 0 Å². The first-order chi connectivity index (χ1) is 8.43. The maximum Gasteiger partial charge on any atom is 0.220 e. The van der Waals surface area contributed by atoms with E-state index in [0.717, 1.165) is 18.9 Å². The van der Waals surface area contributed by atoms with Crippen molar-refractivity contribution < 1.29 is 8.85 Å². The molecule has 4 heteroatoms. The molecule has 2 nitrogen and oxygen atoms in total. The van der Waals surface area contributed by atoms with Gasteiger partial charge < -0.3 is 8.85 Å². The largest absolute Gasteiger partial charge is 0.418 e. The van der Waals surface area contributed by atoms with E-state index in [9.17, 15) is 0 Å². The van der Waals surface area contributed by atoms with Crippen LogP contribution in [0.1, 0.15) is 13.8 Å². The van der Waals surface area contributed by atoms with Gasteiger partial charge in [0.25, 0.3) is 0 Å². The standard InChI is InChI=1S/C14H26O2Si2/c1-6-15-17(3,4)13-18(5,16-7-2)14-11-9-8-10-12-14/h8-12H,6-7,13H2,1-5H3. The van der Waals surface area contributed by atoms with Crippen molar-refractivity contribution in [1.82, 2.24) is 0 Å². The smallest absolute Gasteiger partial charge is 0.220 e. The van der Waals surface area contributed by atoms with E-state index in [1.165, 1.54) is 5.19 Å². The van der Waals surface area contributed by atoms with Crippen molar-refractivity contribution in [1.29, 1.82) is 0 Å². The Kier molecular flexibility index (Phi) is 5.78. The molecule has 0 radical (unpaired) electrons. The lowest BCUT2D eigenvalue weighted by Gasteiger charge is -2.34. The monoisotopic (exact) mass is 282 g/mol. The highest BCUT2D eigenvalue weighted by molar-refractivity contribution is 6.97. The molecular formula is C14H26O2Si2. The summed E-state index contributed by atoms with van der Waals surface area (Å²) >= 11 is 0. The van der Waals surface area contributed by atoms with Gasteiger partial charge in [0, 0.05) is 13.2 Å². The van der Waals surface area contributed by atoms with Crippen LogP contribution in [-0.2, 0) is 8.85 Å². The van der Waals surface area contributed by atoms with Crippen LogP contribution in [0, 0.1) is 0 Å². The van der Waals surface area contributed by atoms with Crippen molar-refractivity contribution in [2.45, 2.75) is 39.2 Å². The van der Waals surface area contributed by atoms with Gasteiger partial charge in [0.05, 0.1) is 0 Å². The molecule has 0 aliphatic carbocycles. The van der Waals surface area contributed by atoms with Crippen molar-refractivity contribution in [3.8, 4) is 0 Å². The predicted octanol–water partition coefficient (Wildman–Crippen LogP) is 3.29. The summed E-state index contributed by atoms with van der Waals surface area (Å²) in [6.45, 7) is 12.7. The Morgan fingerprint density at radius 3 is 1.94 bits per heavy atom. The molecule has 102 valence electrons. The average molecular weight is 283 g/mol. The quantitative estimate of drug-likeness (QED) is 0.715. The normalized spacial score (nSPS) is 15.4. The molecule has 0 bridgehead atoms. The second-order valence-corrected chi connectivity index (χ2v) is 13.9. The Bertz CT molecular complexity index is 354. The van der Waals surface area contributed by atoms with Crippen molar-refractivity contribution in [2.75, 3.05) is 13.2 Å². The van der Waals surface area contributed by atoms with E-state index < -0.39 is 16.6 Å². The molecule has 0 fully saturated rings. The summed E-state index contributed by atoms with van der Waals surface area (Å²) in [6.07, 6.45) is 0. The van der Waals surface area contributed by atoms with Gasteiger partial charge in [-0.15, -0.1) is 0 Å². The van der Waals surface area contributed by atoms with Crippen molar-refractivity contribution in [2.24, 2.45) is 0 Å². The zero-order valence-corrected chi connectivity index (χ0v) is 14.3. The minimum Gasteiger partial charge on any atom is -0.418 e. The van der Waals surface area contributed by atoms with Crippen LogP contribution in [-0.4, -0.2) is 29.8 Å². The molecule has 0 saturated heterocycles. The third-order valence-electron chi connectivity index (χ3n) is 3.15. The van der Waals surface area contributed by atoms with Crippen LogP contribution in [0.2, 0.25) is 25.3 Å². The van der Waals surface area contributed by atoms with E-state index in [1.807, 2.05) is 0 Å². The van der Waals surface area contributed by atoms with Crippen LogP contribution in [0.25, 0.3) is 0 Å². The fourth-order valence-electron chi connectivity index (χ4n) is 2.60. The zero-order chi connectivity index (χ0) is 13.6. The first kappa shape index (κ1) is 15.6. The molecule has 1 atom stereocenters. The molecule has 1 unspecified atom stereocenters. The predicted molar refractivity (Wildman–Crippen MR) is 83.2 cm³/mol. The van der Waals surface area contributed by atoms with E-state index >= 15 is 0 Å². The molecule has 1 aromatic rings. The van der Waals surface area contributed by atoms with Crippen LogP contribution >= 0.6 is 0 Å². The summed E-state index contributed by atoms with van der Waals surface area (Å²) in [5.41, 5.74) is 1.12. The number of hydrogen-bond acceptors (Lipinski definition) is 2. The second kappa shape index (κ2) is 6.66. The van der Waals surface area contributed by atoms with Gasteiger partial charge in [0.1, 0.15) is 0 Å². The Balaban J connectivity index is 2.94. The fraction of sp³-hybridized carbons (Fsp3) is 0.571. The van der Waals surface area contributed by atoms with E-state index in [0.29, 0.717) is 0 Å². The maximum absolute atomic E-state index is 6.19. The minimum atomic E-state index is -1.86. The van der Waals surface area contributed by atoms with Crippen LogP contribution in [0.15, 0.2) is 30.3 Å². The lowest BCUT2D eigenvalue weighted by atomic mass is 10.4. The van der Waals surface area contributed by atoms with Crippen LogP contribution in [0.3, 0.4) is 0 Å². The minimum absolute atomic E-state index is 0.786. The molecule has 0 amide bonds. The summed E-state index contributed by atoms with van der Waals surface area (Å²) < 4.78 is 12.2. The van der Waals surface area contributed by atoms with Gasteiger partial charge in [0.2, 0.25) is 8.32 Å². The third-order valence-corrected chi connectivity index (χ3v) is 12.8. The Hall–Kier alpha value is -0.426. The molecule has 18 heavy (non-hydrogen) atoms. The van der Waals surface area contributed by atoms with E-state index in [-0.39, 0.29) is 0 Å². The van der Waals surface area contributed by atoms with Gasteiger partial charge in [-0.1, -0.05) is 30.3 Å². The van der Waals surface area contributed by atoms with E-state index in [4.69, 9.17) is 8.85 Å². The molecule has 0 aliphatic rings. The molecular weight excluding hydrogens is 256 g/mol. The first-order valence-electron chi connectivity index (χ1n) is 6.77. The van der Waals surface area contributed by atoms with E-state index in [1.54, 1.807) is 0 Å². The first-order valence-corrected chi connectivity index (χ1v) is 12.5. The highest BCUT2D eigenvalue weighted by Gasteiger charge is 2.39. The number of rotatable bonds is 7. The Morgan fingerprint density at radius 2 is 1.44 bits per heavy atom. The highest BCUT2D eigenvalue weighted by atomic mass is 28.4. The summed E-state index contributed by atoms with van der Waals surface area (Å²) in [6, 6.07) is 10.7. The van der Waals surface area contributed by atoms with Gasteiger partial charge in [-0.3, -0.25) is 0 Å². The highest BCUT2D eigenvalue weighted by Crippen LogP contribution is 2.22. The van der Waals surface area contributed by atoms with Gasteiger partial charge in [-0.25, -0.2) is 0 Å². The van der Waals surface area contributed by atoms with Gasteiger partial charge in [-0.05, 0) is 44.3 Å². The zero-order valence-electron chi connectivity index (χ0n) is 12.3. The lowest BCUT2D eigenvalue weighted by molar-refractivity contribution is 0.318. The average Bonchev–Trinajstić information content (AvgIpc) is 2.29.